The molecule has 5 N–H and O–H groups in total. The van der Waals surface area contributed by atoms with Gasteiger partial charge >= 0.3 is 0 Å². The molecule has 1 aliphatic carbocycles. The van der Waals surface area contributed by atoms with Gasteiger partial charge in [-0.3, -0.25) is 9.59 Å². The predicted molar refractivity (Wildman–Crippen MR) is 56.8 cm³/mol. The predicted octanol–water partition coefficient (Wildman–Crippen LogP) is -0.504. The van der Waals surface area contributed by atoms with Gasteiger partial charge in [0.25, 0.3) is 0 Å². The molecule has 1 rings (SSSR count). The second-order valence-corrected chi connectivity index (χ2v) is 4.94. The Morgan fingerprint density at radius 3 is 2.27 bits per heavy atom. The lowest BCUT2D eigenvalue weighted by Crippen LogP contribution is -2.60. The van der Waals surface area contributed by atoms with E-state index >= 15 is 0 Å². The second kappa shape index (κ2) is 3.81. The molecule has 1 saturated carbocycles. The molecule has 0 unspecified atom stereocenters. The summed E-state index contributed by atoms with van der Waals surface area (Å²) in [4.78, 5) is 22.6. The highest BCUT2D eigenvalue weighted by Crippen LogP contribution is 2.29. The van der Waals surface area contributed by atoms with Gasteiger partial charge in [-0.1, -0.05) is 0 Å². The molecular weight excluding hydrogens is 194 g/mol. The number of carbonyl (C=O) groups is 2. The third kappa shape index (κ3) is 2.47. The Labute approximate surface area is 89.6 Å². The molecule has 0 spiro atoms. The van der Waals surface area contributed by atoms with Crippen LogP contribution in [-0.4, -0.2) is 23.9 Å². The third-order valence-electron chi connectivity index (χ3n) is 3.06. The molecular formula is C10H19N3O2. The molecule has 0 radical (unpaired) electrons. The van der Waals surface area contributed by atoms with Gasteiger partial charge < -0.3 is 16.8 Å². The van der Waals surface area contributed by atoms with Crippen LogP contribution in [0.2, 0.25) is 0 Å². The molecule has 5 nitrogen and oxygen atoms in total. The molecule has 0 aliphatic heterocycles. The first kappa shape index (κ1) is 12.0. The maximum absolute atomic E-state index is 11.6. The average Bonchev–Trinajstić information content (AvgIpc) is 2.10. The zero-order chi connectivity index (χ0) is 11.7. The van der Waals surface area contributed by atoms with Crippen molar-refractivity contribution in [3.05, 3.63) is 0 Å². The maximum atomic E-state index is 11.6. The molecule has 1 fully saturated rings. The van der Waals surface area contributed by atoms with Crippen LogP contribution in [0.25, 0.3) is 0 Å². The molecule has 0 atom stereocenters. The van der Waals surface area contributed by atoms with Gasteiger partial charge in [-0.05, 0) is 33.1 Å². The van der Waals surface area contributed by atoms with Crippen molar-refractivity contribution in [2.75, 3.05) is 6.54 Å². The first-order valence-corrected chi connectivity index (χ1v) is 5.15. The summed E-state index contributed by atoms with van der Waals surface area (Å²) in [6.45, 7) is 3.62. The topological polar surface area (TPSA) is 98.2 Å². The second-order valence-electron chi connectivity index (χ2n) is 4.94. The maximum Gasteiger partial charge on any atom is 0.240 e. The Hall–Kier alpha value is -1.10. The van der Waals surface area contributed by atoms with Gasteiger partial charge in [0.15, 0.2) is 0 Å². The summed E-state index contributed by atoms with van der Waals surface area (Å²) in [7, 11) is 0. The summed E-state index contributed by atoms with van der Waals surface area (Å²) in [6.07, 6.45) is 2.43. The minimum atomic E-state index is -0.726. The van der Waals surface area contributed by atoms with Gasteiger partial charge in [-0.15, -0.1) is 0 Å². The van der Waals surface area contributed by atoms with Crippen molar-refractivity contribution in [2.45, 2.75) is 38.6 Å². The van der Waals surface area contributed by atoms with Gasteiger partial charge in [0.1, 0.15) is 0 Å². The van der Waals surface area contributed by atoms with E-state index < -0.39 is 16.9 Å². The third-order valence-corrected chi connectivity index (χ3v) is 3.06. The summed E-state index contributed by atoms with van der Waals surface area (Å²) < 4.78 is 0. The SMILES string of the molecule is CC(C)(CNC(=O)C1(N)CCC1)C(N)=O. The molecule has 15 heavy (non-hydrogen) atoms. The van der Waals surface area contributed by atoms with Gasteiger partial charge in [0.05, 0.1) is 11.0 Å². The van der Waals surface area contributed by atoms with E-state index in [0.717, 1.165) is 19.3 Å². The summed E-state index contributed by atoms with van der Waals surface area (Å²) in [6, 6.07) is 0. The Balaban J connectivity index is 2.43. The lowest BCUT2D eigenvalue weighted by atomic mass is 9.77. The van der Waals surface area contributed by atoms with Crippen LogP contribution in [0.5, 0.6) is 0 Å². The van der Waals surface area contributed by atoms with E-state index in [-0.39, 0.29) is 12.5 Å². The standard InChI is InChI=1S/C10H19N3O2/c1-9(2,7(11)14)6-13-8(15)10(12)4-3-5-10/h3-6,12H2,1-2H3,(H2,11,14)(H,13,15). The van der Waals surface area contributed by atoms with Crippen LogP contribution in [0.1, 0.15) is 33.1 Å². The van der Waals surface area contributed by atoms with Crippen LogP contribution in [0, 0.1) is 5.41 Å². The summed E-state index contributed by atoms with van der Waals surface area (Å²) in [5.74, 6) is -0.606. The quantitative estimate of drug-likeness (QED) is 0.587. The number of primary amides is 1. The van der Waals surface area contributed by atoms with Crippen LogP contribution >= 0.6 is 0 Å². The first-order chi connectivity index (χ1) is 6.78. The lowest BCUT2D eigenvalue weighted by molar-refractivity contribution is -0.131. The zero-order valence-corrected chi connectivity index (χ0v) is 9.30. The smallest absolute Gasteiger partial charge is 0.240 e. The minimum absolute atomic E-state index is 0.178. The highest BCUT2D eigenvalue weighted by Gasteiger charge is 2.40. The minimum Gasteiger partial charge on any atom is -0.369 e. The molecule has 0 saturated heterocycles. The fourth-order valence-electron chi connectivity index (χ4n) is 1.35. The Bertz CT molecular complexity index is 282. The van der Waals surface area contributed by atoms with Crippen molar-refractivity contribution in [3.63, 3.8) is 0 Å². The summed E-state index contributed by atoms with van der Waals surface area (Å²) in [5, 5.41) is 2.68. The normalized spacial score (nSPS) is 19.1. The van der Waals surface area contributed by atoms with Crippen LogP contribution < -0.4 is 16.8 Å². The van der Waals surface area contributed by atoms with Crippen molar-refractivity contribution in [3.8, 4) is 0 Å². The summed E-state index contributed by atoms with van der Waals surface area (Å²) in [5.41, 5.74) is 9.57. The number of amides is 2. The molecule has 0 aromatic heterocycles. The van der Waals surface area contributed by atoms with Crippen LogP contribution in [-0.2, 0) is 9.59 Å². The molecule has 0 bridgehead atoms. The largest absolute Gasteiger partial charge is 0.369 e. The van der Waals surface area contributed by atoms with Crippen LogP contribution in [0.4, 0.5) is 0 Å². The molecule has 0 aromatic rings. The Morgan fingerprint density at radius 2 is 1.93 bits per heavy atom. The van der Waals surface area contributed by atoms with Crippen LogP contribution in [0.15, 0.2) is 0 Å². The van der Waals surface area contributed by atoms with E-state index in [1.165, 1.54) is 0 Å². The summed E-state index contributed by atoms with van der Waals surface area (Å²) >= 11 is 0. The van der Waals surface area contributed by atoms with Crippen molar-refractivity contribution >= 4 is 11.8 Å². The van der Waals surface area contributed by atoms with Crippen molar-refractivity contribution in [2.24, 2.45) is 16.9 Å². The van der Waals surface area contributed by atoms with Crippen molar-refractivity contribution < 1.29 is 9.59 Å². The number of hydrogen-bond acceptors (Lipinski definition) is 3. The van der Waals surface area contributed by atoms with Crippen LogP contribution in [0.3, 0.4) is 0 Å². The molecule has 0 aromatic carbocycles. The molecule has 0 heterocycles. The molecule has 5 heteroatoms. The first-order valence-electron chi connectivity index (χ1n) is 5.15. The van der Waals surface area contributed by atoms with E-state index in [2.05, 4.69) is 5.32 Å². The number of carbonyl (C=O) groups excluding carboxylic acids is 2. The van der Waals surface area contributed by atoms with E-state index in [9.17, 15) is 9.59 Å². The van der Waals surface area contributed by atoms with E-state index in [1.807, 2.05) is 0 Å². The number of nitrogens with one attached hydrogen (secondary N) is 1. The number of hydrogen-bond donors (Lipinski definition) is 3. The van der Waals surface area contributed by atoms with Crippen molar-refractivity contribution in [1.29, 1.82) is 0 Å². The highest BCUT2D eigenvalue weighted by atomic mass is 16.2. The molecule has 86 valence electrons. The monoisotopic (exact) mass is 213 g/mol. The molecule has 2 amide bonds. The van der Waals surface area contributed by atoms with Gasteiger partial charge in [-0.25, -0.2) is 0 Å². The van der Waals surface area contributed by atoms with Crippen molar-refractivity contribution in [1.82, 2.24) is 5.32 Å². The van der Waals surface area contributed by atoms with E-state index in [4.69, 9.17) is 11.5 Å². The van der Waals surface area contributed by atoms with E-state index in [0.29, 0.717) is 0 Å². The number of rotatable bonds is 4. The fourth-order valence-corrected chi connectivity index (χ4v) is 1.35. The van der Waals surface area contributed by atoms with Gasteiger partial charge in [-0.2, -0.15) is 0 Å². The molecule has 1 aliphatic rings. The highest BCUT2D eigenvalue weighted by molar-refractivity contribution is 5.88. The van der Waals surface area contributed by atoms with Gasteiger partial charge in [0, 0.05) is 6.54 Å². The number of nitrogens with two attached hydrogens (primary N) is 2. The van der Waals surface area contributed by atoms with Gasteiger partial charge in [0.2, 0.25) is 11.8 Å². The Morgan fingerprint density at radius 1 is 1.40 bits per heavy atom. The average molecular weight is 213 g/mol. The zero-order valence-electron chi connectivity index (χ0n) is 9.30. The fraction of sp³-hybridized carbons (Fsp3) is 0.800. The Kier molecular flexibility index (Phi) is 3.04. The van der Waals surface area contributed by atoms with E-state index in [1.54, 1.807) is 13.8 Å². The lowest BCUT2D eigenvalue weighted by Gasteiger charge is -2.37.